The predicted octanol–water partition coefficient (Wildman–Crippen LogP) is 2.94. The lowest BCUT2D eigenvalue weighted by molar-refractivity contribution is 0.532. The van der Waals surface area contributed by atoms with Crippen LogP contribution in [0.5, 0.6) is 0 Å². The van der Waals surface area contributed by atoms with Crippen LogP contribution in [0.25, 0.3) is 0 Å². The Morgan fingerprint density at radius 2 is 2.43 bits per heavy atom. The van der Waals surface area contributed by atoms with Crippen LogP contribution in [0.1, 0.15) is 5.76 Å². The van der Waals surface area contributed by atoms with E-state index in [0.29, 0.717) is 5.22 Å². The molecule has 0 spiro atoms. The van der Waals surface area contributed by atoms with Crippen molar-refractivity contribution in [2.75, 3.05) is 18.8 Å². The third-order valence-corrected chi connectivity index (χ3v) is 2.77. The Hall–Kier alpha value is -0.380. The lowest BCUT2D eigenvalue weighted by Crippen LogP contribution is -2.16. The van der Waals surface area contributed by atoms with E-state index >= 15 is 0 Å². The van der Waals surface area contributed by atoms with Crippen molar-refractivity contribution in [3.05, 3.63) is 35.8 Å². The highest BCUT2D eigenvalue weighted by Gasteiger charge is 1.98. The molecule has 1 aromatic rings. The summed E-state index contributed by atoms with van der Waals surface area (Å²) in [5.74, 6) is 2.87. The van der Waals surface area contributed by atoms with E-state index in [4.69, 9.17) is 16.0 Å². The van der Waals surface area contributed by atoms with Gasteiger partial charge in [-0.25, -0.2) is 0 Å². The first kappa shape index (κ1) is 11.7. The summed E-state index contributed by atoms with van der Waals surface area (Å²) in [5, 5.41) is 3.69. The molecule has 78 valence electrons. The monoisotopic (exact) mass is 231 g/mol. The van der Waals surface area contributed by atoms with E-state index in [2.05, 4.69) is 11.9 Å². The summed E-state index contributed by atoms with van der Waals surface area (Å²) in [6, 6.07) is 3.68. The van der Waals surface area contributed by atoms with Crippen LogP contribution in [-0.2, 0) is 5.75 Å². The Labute approximate surface area is 93.7 Å². The summed E-state index contributed by atoms with van der Waals surface area (Å²) >= 11 is 7.46. The first-order chi connectivity index (χ1) is 6.83. The Balaban J connectivity index is 2.01. The van der Waals surface area contributed by atoms with Crippen molar-refractivity contribution >= 4 is 23.4 Å². The maximum Gasteiger partial charge on any atom is 0.193 e. The van der Waals surface area contributed by atoms with Crippen LogP contribution in [0.4, 0.5) is 0 Å². The molecule has 0 aliphatic carbocycles. The van der Waals surface area contributed by atoms with Crippen molar-refractivity contribution < 1.29 is 4.42 Å². The summed E-state index contributed by atoms with van der Waals surface area (Å²) in [5.41, 5.74) is 0. The smallest absolute Gasteiger partial charge is 0.193 e. The number of furan rings is 1. The molecule has 1 N–H and O–H groups in total. The molecule has 0 unspecified atom stereocenters. The number of rotatable bonds is 7. The molecule has 0 aliphatic heterocycles. The highest BCUT2D eigenvalue weighted by atomic mass is 35.5. The first-order valence-corrected chi connectivity index (χ1v) is 6.00. The van der Waals surface area contributed by atoms with Crippen molar-refractivity contribution in [1.82, 2.24) is 5.32 Å². The molecule has 0 saturated heterocycles. The van der Waals surface area contributed by atoms with Crippen LogP contribution in [0.3, 0.4) is 0 Å². The summed E-state index contributed by atoms with van der Waals surface area (Å²) in [6.07, 6.45) is 1.86. The highest BCUT2D eigenvalue weighted by Crippen LogP contribution is 2.17. The average Bonchev–Trinajstić information content (AvgIpc) is 2.58. The van der Waals surface area contributed by atoms with Gasteiger partial charge in [0.2, 0.25) is 0 Å². The van der Waals surface area contributed by atoms with Crippen LogP contribution < -0.4 is 5.32 Å². The first-order valence-electron chi connectivity index (χ1n) is 4.46. The van der Waals surface area contributed by atoms with Gasteiger partial charge in [-0.2, -0.15) is 11.8 Å². The van der Waals surface area contributed by atoms with Gasteiger partial charge in [0.15, 0.2) is 5.22 Å². The fraction of sp³-hybridized carbons (Fsp3) is 0.400. The number of halogens is 1. The molecule has 0 radical (unpaired) electrons. The van der Waals surface area contributed by atoms with E-state index in [1.54, 1.807) is 6.07 Å². The molecule has 0 aliphatic rings. The topological polar surface area (TPSA) is 25.2 Å². The van der Waals surface area contributed by atoms with Gasteiger partial charge in [-0.05, 0) is 23.7 Å². The molecule has 0 bridgehead atoms. The van der Waals surface area contributed by atoms with Crippen molar-refractivity contribution in [1.29, 1.82) is 0 Å². The van der Waals surface area contributed by atoms with Gasteiger partial charge in [-0.1, -0.05) is 6.08 Å². The molecule has 0 aromatic carbocycles. The fourth-order valence-electron chi connectivity index (χ4n) is 0.951. The quantitative estimate of drug-likeness (QED) is 0.577. The Morgan fingerprint density at radius 3 is 3.07 bits per heavy atom. The van der Waals surface area contributed by atoms with Gasteiger partial charge in [0.05, 0.1) is 5.75 Å². The van der Waals surface area contributed by atoms with Crippen LogP contribution in [0.15, 0.2) is 29.2 Å². The number of hydrogen-bond acceptors (Lipinski definition) is 3. The molecular formula is C10H14ClNOS. The molecule has 14 heavy (non-hydrogen) atoms. The van der Waals surface area contributed by atoms with Crippen LogP contribution >= 0.6 is 23.4 Å². The Kier molecular flexibility index (Phi) is 5.83. The van der Waals surface area contributed by atoms with Gasteiger partial charge in [0.1, 0.15) is 5.76 Å². The molecule has 1 rings (SSSR count). The van der Waals surface area contributed by atoms with Crippen molar-refractivity contribution in [2.45, 2.75) is 5.75 Å². The van der Waals surface area contributed by atoms with E-state index in [0.717, 1.165) is 30.4 Å². The summed E-state index contributed by atoms with van der Waals surface area (Å²) < 4.78 is 5.22. The molecule has 0 amide bonds. The molecule has 0 saturated carbocycles. The minimum Gasteiger partial charge on any atom is -0.449 e. The Bertz CT molecular complexity index is 275. The number of nitrogens with one attached hydrogen (secondary N) is 1. The number of thioether (sulfide) groups is 1. The second kappa shape index (κ2) is 6.98. The minimum absolute atomic E-state index is 0.463. The lowest BCUT2D eigenvalue weighted by atomic mass is 10.5. The third kappa shape index (κ3) is 4.74. The van der Waals surface area contributed by atoms with Crippen LogP contribution in [-0.4, -0.2) is 18.8 Å². The van der Waals surface area contributed by atoms with Gasteiger partial charge in [-0.15, -0.1) is 6.58 Å². The highest BCUT2D eigenvalue weighted by molar-refractivity contribution is 7.98. The van der Waals surface area contributed by atoms with E-state index in [1.165, 1.54) is 0 Å². The number of hydrogen-bond donors (Lipinski definition) is 1. The molecule has 2 nitrogen and oxygen atoms in total. The zero-order valence-corrected chi connectivity index (χ0v) is 9.53. The zero-order chi connectivity index (χ0) is 10.2. The largest absolute Gasteiger partial charge is 0.449 e. The summed E-state index contributed by atoms with van der Waals surface area (Å²) in [6.45, 7) is 5.49. The summed E-state index contributed by atoms with van der Waals surface area (Å²) in [4.78, 5) is 0. The minimum atomic E-state index is 0.463. The van der Waals surface area contributed by atoms with Gasteiger partial charge in [0, 0.05) is 18.8 Å². The second-order valence-electron chi connectivity index (χ2n) is 2.75. The molecular weight excluding hydrogens is 218 g/mol. The Morgan fingerprint density at radius 1 is 1.57 bits per heavy atom. The molecule has 1 heterocycles. The van der Waals surface area contributed by atoms with Gasteiger partial charge in [-0.3, -0.25) is 0 Å². The fourth-order valence-corrected chi connectivity index (χ4v) is 1.90. The molecule has 0 fully saturated rings. The standard InChI is InChI=1S/C10H14ClNOS/c1-2-5-12-6-7-14-8-9-3-4-10(11)13-9/h2-4,12H,1,5-8H2. The molecule has 1 aromatic heterocycles. The van der Waals surface area contributed by atoms with Gasteiger partial charge in [0.25, 0.3) is 0 Å². The average molecular weight is 232 g/mol. The van der Waals surface area contributed by atoms with E-state index < -0.39 is 0 Å². The van der Waals surface area contributed by atoms with Crippen LogP contribution in [0.2, 0.25) is 5.22 Å². The van der Waals surface area contributed by atoms with Crippen molar-refractivity contribution in [3.63, 3.8) is 0 Å². The van der Waals surface area contributed by atoms with Gasteiger partial charge >= 0.3 is 0 Å². The zero-order valence-electron chi connectivity index (χ0n) is 7.96. The molecule has 0 atom stereocenters. The van der Waals surface area contributed by atoms with E-state index in [-0.39, 0.29) is 0 Å². The summed E-state index contributed by atoms with van der Waals surface area (Å²) in [7, 11) is 0. The molecule has 4 heteroatoms. The normalized spacial score (nSPS) is 10.4. The van der Waals surface area contributed by atoms with Gasteiger partial charge < -0.3 is 9.73 Å². The van der Waals surface area contributed by atoms with Crippen molar-refractivity contribution in [3.8, 4) is 0 Å². The van der Waals surface area contributed by atoms with Crippen LogP contribution in [0, 0.1) is 0 Å². The second-order valence-corrected chi connectivity index (χ2v) is 4.23. The maximum absolute atomic E-state index is 5.64. The predicted molar refractivity (Wildman–Crippen MR) is 62.9 cm³/mol. The third-order valence-electron chi connectivity index (χ3n) is 1.59. The van der Waals surface area contributed by atoms with Crippen molar-refractivity contribution in [2.24, 2.45) is 0 Å². The van der Waals surface area contributed by atoms with E-state index in [9.17, 15) is 0 Å². The van der Waals surface area contributed by atoms with E-state index in [1.807, 2.05) is 23.9 Å². The maximum atomic E-state index is 5.64. The lowest BCUT2D eigenvalue weighted by Gasteiger charge is -2.00. The SMILES string of the molecule is C=CCNCCSCc1ccc(Cl)o1.